The summed E-state index contributed by atoms with van der Waals surface area (Å²) in [6, 6.07) is 6.73. The molecule has 1 aliphatic rings. The van der Waals surface area contributed by atoms with Crippen molar-refractivity contribution in [2.24, 2.45) is 5.73 Å². The number of aryl methyl sites for hydroxylation is 3. The summed E-state index contributed by atoms with van der Waals surface area (Å²) in [6.45, 7) is 2.15. The zero-order valence-electron chi connectivity index (χ0n) is 12.8. The molecule has 0 aromatic carbocycles. The number of pyridine rings is 1. The topological polar surface area (TPSA) is 38.9 Å². The molecule has 1 atom stereocenters. The molecule has 0 saturated heterocycles. The molecule has 0 amide bonds. The van der Waals surface area contributed by atoms with Crippen LogP contribution >= 0.6 is 11.3 Å². The van der Waals surface area contributed by atoms with Gasteiger partial charge in [0.05, 0.1) is 0 Å². The van der Waals surface area contributed by atoms with Crippen molar-refractivity contribution >= 4 is 11.3 Å². The van der Waals surface area contributed by atoms with Gasteiger partial charge in [-0.05, 0) is 55.4 Å². The van der Waals surface area contributed by atoms with Gasteiger partial charge in [-0.25, -0.2) is 0 Å². The van der Waals surface area contributed by atoms with Crippen LogP contribution in [0, 0.1) is 0 Å². The van der Waals surface area contributed by atoms with E-state index in [0.717, 1.165) is 18.5 Å². The largest absolute Gasteiger partial charge is 0.323 e. The Balaban J connectivity index is 1.71. The molecule has 3 heteroatoms. The minimum absolute atomic E-state index is 0.0851. The summed E-state index contributed by atoms with van der Waals surface area (Å²) < 4.78 is 0. The smallest absolute Gasteiger partial charge is 0.0446 e. The van der Waals surface area contributed by atoms with Gasteiger partial charge in [0, 0.05) is 34.1 Å². The predicted octanol–water partition coefficient (Wildman–Crippen LogP) is 4.22. The van der Waals surface area contributed by atoms with E-state index in [1.807, 2.05) is 17.5 Å². The molecule has 0 saturated carbocycles. The zero-order valence-corrected chi connectivity index (χ0v) is 13.6. The molecular formula is C18H24N2S. The van der Waals surface area contributed by atoms with Crippen molar-refractivity contribution in [2.75, 3.05) is 0 Å². The summed E-state index contributed by atoms with van der Waals surface area (Å²) in [7, 11) is 0. The second kappa shape index (κ2) is 6.71. The van der Waals surface area contributed by atoms with Crippen LogP contribution in [0.15, 0.2) is 24.4 Å². The lowest BCUT2D eigenvalue weighted by Crippen LogP contribution is -2.12. The summed E-state index contributed by atoms with van der Waals surface area (Å²) in [5, 5.41) is 0. The van der Waals surface area contributed by atoms with Crippen molar-refractivity contribution in [2.45, 2.75) is 57.9 Å². The molecule has 2 aromatic rings. The second-order valence-corrected chi connectivity index (χ2v) is 7.15. The van der Waals surface area contributed by atoms with Crippen molar-refractivity contribution in [3.8, 4) is 0 Å². The normalized spacial score (nSPS) is 16.3. The van der Waals surface area contributed by atoms with E-state index in [-0.39, 0.29) is 6.04 Å². The average molecular weight is 300 g/mol. The first-order valence-corrected chi connectivity index (χ1v) is 8.88. The molecule has 21 heavy (non-hydrogen) atoms. The fourth-order valence-electron chi connectivity index (χ4n) is 2.98. The molecule has 0 bridgehead atoms. The first kappa shape index (κ1) is 14.7. The van der Waals surface area contributed by atoms with E-state index < -0.39 is 0 Å². The number of hydrogen-bond acceptors (Lipinski definition) is 3. The highest BCUT2D eigenvalue weighted by atomic mass is 32.1. The van der Waals surface area contributed by atoms with Gasteiger partial charge < -0.3 is 5.73 Å². The monoisotopic (exact) mass is 300 g/mol. The van der Waals surface area contributed by atoms with E-state index in [0.29, 0.717) is 0 Å². The van der Waals surface area contributed by atoms with E-state index in [9.17, 15) is 0 Å². The second-order valence-electron chi connectivity index (χ2n) is 5.98. The van der Waals surface area contributed by atoms with Gasteiger partial charge in [0.25, 0.3) is 0 Å². The molecule has 112 valence electrons. The number of fused-ring (bicyclic) bond motifs is 1. The summed E-state index contributed by atoms with van der Waals surface area (Å²) >= 11 is 1.93. The summed E-state index contributed by atoms with van der Waals surface area (Å²) in [5.41, 5.74) is 10.4. The Kier molecular flexibility index (Phi) is 4.71. The highest BCUT2D eigenvalue weighted by Crippen LogP contribution is 2.32. The van der Waals surface area contributed by atoms with Gasteiger partial charge in [-0.1, -0.05) is 19.4 Å². The molecule has 2 heterocycles. The van der Waals surface area contributed by atoms with E-state index in [1.165, 1.54) is 42.5 Å². The SMILES string of the molecule is CCc1ccc(CC(N)c2cc3c(s2)CCCCC3)nc1. The molecule has 0 aliphatic heterocycles. The van der Waals surface area contributed by atoms with Crippen molar-refractivity contribution in [3.05, 3.63) is 51.0 Å². The van der Waals surface area contributed by atoms with Crippen LogP contribution in [0.4, 0.5) is 0 Å². The third kappa shape index (κ3) is 3.53. The van der Waals surface area contributed by atoms with Crippen molar-refractivity contribution in [3.63, 3.8) is 0 Å². The number of thiophene rings is 1. The Bertz CT molecular complexity index is 562. The van der Waals surface area contributed by atoms with E-state index in [2.05, 4.69) is 30.1 Å². The number of rotatable bonds is 4. The Morgan fingerprint density at radius 1 is 1.24 bits per heavy atom. The molecule has 3 rings (SSSR count). The molecule has 0 spiro atoms. The maximum absolute atomic E-state index is 6.42. The van der Waals surface area contributed by atoms with Crippen LogP contribution < -0.4 is 5.73 Å². The molecule has 0 fully saturated rings. The van der Waals surface area contributed by atoms with Gasteiger partial charge in [-0.3, -0.25) is 4.98 Å². The summed E-state index contributed by atoms with van der Waals surface area (Å²) in [4.78, 5) is 7.45. The third-order valence-electron chi connectivity index (χ3n) is 4.35. The third-order valence-corrected chi connectivity index (χ3v) is 5.72. The lowest BCUT2D eigenvalue weighted by atomic mass is 10.1. The Labute approximate surface area is 131 Å². The number of hydrogen-bond donors (Lipinski definition) is 1. The van der Waals surface area contributed by atoms with Gasteiger partial charge in [-0.15, -0.1) is 11.3 Å². The Hall–Kier alpha value is -1.19. The number of nitrogens with zero attached hydrogens (tertiary/aromatic N) is 1. The maximum Gasteiger partial charge on any atom is 0.0446 e. The lowest BCUT2D eigenvalue weighted by molar-refractivity contribution is 0.706. The van der Waals surface area contributed by atoms with Gasteiger partial charge in [0.15, 0.2) is 0 Å². The Morgan fingerprint density at radius 3 is 2.86 bits per heavy atom. The molecule has 1 unspecified atom stereocenters. The zero-order chi connectivity index (χ0) is 14.7. The van der Waals surface area contributed by atoms with E-state index in [1.54, 1.807) is 10.4 Å². The van der Waals surface area contributed by atoms with Crippen molar-refractivity contribution in [1.82, 2.24) is 4.98 Å². The standard InChI is InChI=1S/C18H24N2S/c1-2-13-8-9-15(20-12-13)11-16(19)18-10-14-6-4-3-5-7-17(14)21-18/h8-10,12,16H,2-7,11,19H2,1H3. The van der Waals surface area contributed by atoms with Gasteiger partial charge >= 0.3 is 0 Å². The van der Waals surface area contributed by atoms with Gasteiger partial charge in [-0.2, -0.15) is 0 Å². The minimum atomic E-state index is 0.0851. The fraction of sp³-hybridized carbons (Fsp3) is 0.500. The van der Waals surface area contributed by atoms with Gasteiger partial charge in [0.2, 0.25) is 0 Å². The van der Waals surface area contributed by atoms with Crippen LogP contribution in [0.3, 0.4) is 0 Å². The highest BCUT2D eigenvalue weighted by Gasteiger charge is 2.16. The van der Waals surface area contributed by atoms with Crippen LogP contribution in [0.5, 0.6) is 0 Å². The van der Waals surface area contributed by atoms with Crippen LogP contribution in [0.1, 0.15) is 58.8 Å². The van der Waals surface area contributed by atoms with Crippen molar-refractivity contribution in [1.29, 1.82) is 0 Å². The first-order valence-electron chi connectivity index (χ1n) is 8.07. The molecule has 0 radical (unpaired) electrons. The molecule has 1 aliphatic carbocycles. The first-order chi connectivity index (χ1) is 10.3. The maximum atomic E-state index is 6.42. The highest BCUT2D eigenvalue weighted by molar-refractivity contribution is 7.12. The summed E-state index contributed by atoms with van der Waals surface area (Å²) in [5.74, 6) is 0. The molecule has 2 aromatic heterocycles. The number of aromatic nitrogens is 1. The molecule has 2 nitrogen and oxygen atoms in total. The van der Waals surface area contributed by atoms with Crippen LogP contribution in [0.25, 0.3) is 0 Å². The van der Waals surface area contributed by atoms with Crippen molar-refractivity contribution < 1.29 is 0 Å². The molecular weight excluding hydrogens is 276 g/mol. The van der Waals surface area contributed by atoms with E-state index in [4.69, 9.17) is 5.73 Å². The summed E-state index contributed by atoms with van der Waals surface area (Å²) in [6.07, 6.45) is 10.4. The van der Waals surface area contributed by atoms with Crippen LogP contribution in [-0.2, 0) is 25.7 Å². The quantitative estimate of drug-likeness (QED) is 0.859. The lowest BCUT2D eigenvalue weighted by Gasteiger charge is -2.09. The number of nitrogens with two attached hydrogens (primary N) is 1. The molecule has 2 N–H and O–H groups in total. The minimum Gasteiger partial charge on any atom is -0.323 e. The fourth-order valence-corrected chi connectivity index (χ4v) is 4.24. The Morgan fingerprint density at radius 2 is 2.10 bits per heavy atom. The predicted molar refractivity (Wildman–Crippen MR) is 89.8 cm³/mol. The van der Waals surface area contributed by atoms with Gasteiger partial charge in [0.1, 0.15) is 0 Å². The van der Waals surface area contributed by atoms with Crippen LogP contribution in [-0.4, -0.2) is 4.98 Å². The van der Waals surface area contributed by atoms with Crippen LogP contribution in [0.2, 0.25) is 0 Å². The van der Waals surface area contributed by atoms with E-state index >= 15 is 0 Å². The average Bonchev–Trinajstić information content (AvgIpc) is 2.79.